The van der Waals surface area contributed by atoms with E-state index in [0.29, 0.717) is 29.2 Å². The topological polar surface area (TPSA) is 88.9 Å². The maximum absolute atomic E-state index is 13.7. The fourth-order valence-corrected chi connectivity index (χ4v) is 3.65. The van der Waals surface area contributed by atoms with E-state index in [1.54, 1.807) is 16.7 Å². The van der Waals surface area contributed by atoms with Crippen molar-refractivity contribution >= 4 is 29.3 Å². The molecule has 0 fully saturated rings. The van der Waals surface area contributed by atoms with E-state index in [1.165, 1.54) is 0 Å². The van der Waals surface area contributed by atoms with Crippen molar-refractivity contribution in [1.29, 1.82) is 0 Å². The van der Waals surface area contributed by atoms with E-state index in [1.807, 2.05) is 26.0 Å². The Morgan fingerprint density at radius 3 is 2.65 bits per heavy atom. The molecule has 0 unspecified atom stereocenters. The van der Waals surface area contributed by atoms with Crippen molar-refractivity contribution in [3.63, 3.8) is 0 Å². The summed E-state index contributed by atoms with van der Waals surface area (Å²) in [7, 11) is 0. The smallest absolute Gasteiger partial charge is 0.251 e. The van der Waals surface area contributed by atoms with E-state index < -0.39 is 17.5 Å². The zero-order valence-corrected chi connectivity index (χ0v) is 17.8. The highest BCUT2D eigenvalue weighted by Gasteiger charge is 2.15. The summed E-state index contributed by atoms with van der Waals surface area (Å²) in [5.74, 6) is -1.73. The Labute approximate surface area is 182 Å². The van der Waals surface area contributed by atoms with Crippen molar-refractivity contribution in [1.82, 2.24) is 20.1 Å². The van der Waals surface area contributed by atoms with Crippen LogP contribution < -0.4 is 10.6 Å². The van der Waals surface area contributed by atoms with Crippen LogP contribution in [-0.2, 0) is 17.9 Å². The normalized spacial score (nSPS) is 10.7. The molecule has 0 radical (unpaired) electrons. The Bertz CT molecular complexity index is 1100. The number of amides is 2. The van der Waals surface area contributed by atoms with Crippen LogP contribution in [0.2, 0.25) is 0 Å². The van der Waals surface area contributed by atoms with Crippen LogP contribution in [0.1, 0.15) is 28.7 Å². The highest BCUT2D eigenvalue weighted by molar-refractivity contribution is 7.99. The molecule has 2 amide bonds. The number of hydrogen-bond acceptors (Lipinski definition) is 5. The Hall–Kier alpha value is -3.27. The van der Waals surface area contributed by atoms with E-state index in [9.17, 15) is 18.4 Å². The van der Waals surface area contributed by atoms with Crippen molar-refractivity contribution in [2.24, 2.45) is 0 Å². The molecule has 0 spiro atoms. The monoisotopic (exact) mass is 445 g/mol. The van der Waals surface area contributed by atoms with Gasteiger partial charge in [0.25, 0.3) is 5.91 Å². The third kappa shape index (κ3) is 5.88. The van der Waals surface area contributed by atoms with Crippen LogP contribution in [0.15, 0.2) is 47.6 Å². The number of rotatable bonds is 8. The molecule has 3 rings (SSSR count). The highest BCUT2D eigenvalue weighted by atomic mass is 32.2. The Morgan fingerprint density at radius 2 is 1.94 bits per heavy atom. The molecule has 2 aromatic carbocycles. The molecule has 0 saturated heterocycles. The van der Waals surface area contributed by atoms with Gasteiger partial charge in [-0.25, -0.2) is 8.78 Å². The largest absolute Gasteiger partial charge is 0.345 e. The van der Waals surface area contributed by atoms with Crippen molar-refractivity contribution in [3.8, 4) is 0 Å². The second kappa shape index (κ2) is 10.2. The van der Waals surface area contributed by atoms with Gasteiger partial charge in [0.05, 0.1) is 18.0 Å². The molecule has 0 aliphatic heterocycles. The number of nitrogens with one attached hydrogen (secondary N) is 2. The summed E-state index contributed by atoms with van der Waals surface area (Å²) < 4.78 is 28.4. The number of benzene rings is 2. The summed E-state index contributed by atoms with van der Waals surface area (Å²) in [6.45, 7) is 4.53. The van der Waals surface area contributed by atoms with Gasteiger partial charge < -0.3 is 15.2 Å². The van der Waals surface area contributed by atoms with Gasteiger partial charge in [-0.3, -0.25) is 9.59 Å². The van der Waals surface area contributed by atoms with Crippen molar-refractivity contribution in [2.45, 2.75) is 32.1 Å². The lowest BCUT2D eigenvalue weighted by molar-refractivity contribution is -0.113. The summed E-state index contributed by atoms with van der Waals surface area (Å²) in [5.41, 5.74) is 1.45. The zero-order chi connectivity index (χ0) is 22.4. The lowest BCUT2D eigenvalue weighted by Gasteiger charge is -2.09. The van der Waals surface area contributed by atoms with Crippen molar-refractivity contribution in [2.75, 3.05) is 11.1 Å². The molecule has 31 heavy (non-hydrogen) atoms. The number of anilines is 1. The van der Waals surface area contributed by atoms with E-state index >= 15 is 0 Å². The number of halogens is 2. The second-order valence-corrected chi connectivity index (χ2v) is 7.60. The number of carbonyl (C=O) groups excluding carboxylic acids is 2. The van der Waals surface area contributed by atoms with Gasteiger partial charge in [-0.05, 0) is 38.1 Å². The Morgan fingerprint density at radius 1 is 1.13 bits per heavy atom. The number of aromatic nitrogens is 3. The maximum Gasteiger partial charge on any atom is 0.251 e. The SMILES string of the molecule is CCn1c(CNC(=O)c2cccc(C)c2)nnc1SCC(=O)Nc1ccc(F)cc1F. The van der Waals surface area contributed by atoms with Gasteiger partial charge >= 0.3 is 0 Å². The fraction of sp³-hybridized carbons (Fsp3) is 0.238. The molecule has 0 aliphatic carbocycles. The first-order chi connectivity index (χ1) is 14.9. The average Bonchev–Trinajstić information content (AvgIpc) is 3.14. The van der Waals surface area contributed by atoms with E-state index in [2.05, 4.69) is 20.8 Å². The van der Waals surface area contributed by atoms with Gasteiger partial charge in [0.15, 0.2) is 11.0 Å². The van der Waals surface area contributed by atoms with Gasteiger partial charge in [-0.2, -0.15) is 0 Å². The van der Waals surface area contributed by atoms with Crippen LogP contribution in [0.4, 0.5) is 14.5 Å². The molecule has 162 valence electrons. The molecule has 1 heterocycles. The predicted octanol–water partition coefficient (Wildman–Crippen LogP) is 3.55. The number of hydrogen-bond donors (Lipinski definition) is 2. The number of nitrogens with zero attached hydrogens (tertiary/aromatic N) is 3. The first-order valence-electron chi connectivity index (χ1n) is 9.52. The molecule has 0 saturated carbocycles. The summed E-state index contributed by atoms with van der Waals surface area (Å²) >= 11 is 1.13. The second-order valence-electron chi connectivity index (χ2n) is 6.66. The Kier molecular flexibility index (Phi) is 7.35. The third-order valence-electron chi connectivity index (χ3n) is 4.33. The van der Waals surface area contributed by atoms with E-state index in [0.717, 1.165) is 29.5 Å². The van der Waals surface area contributed by atoms with Crippen LogP contribution in [0.3, 0.4) is 0 Å². The minimum atomic E-state index is -0.846. The first kappa shape index (κ1) is 22.4. The molecule has 0 atom stereocenters. The minimum absolute atomic E-state index is 0.0371. The zero-order valence-electron chi connectivity index (χ0n) is 17.0. The number of thioether (sulfide) groups is 1. The lowest BCUT2D eigenvalue weighted by Crippen LogP contribution is -2.25. The maximum atomic E-state index is 13.7. The van der Waals surface area contributed by atoms with Crippen LogP contribution in [0.5, 0.6) is 0 Å². The molecule has 0 bridgehead atoms. The molecule has 2 N–H and O–H groups in total. The fourth-order valence-electron chi connectivity index (χ4n) is 2.83. The average molecular weight is 445 g/mol. The summed E-state index contributed by atoms with van der Waals surface area (Å²) in [6.07, 6.45) is 0. The van der Waals surface area contributed by atoms with Crippen molar-refractivity contribution in [3.05, 3.63) is 71.1 Å². The standard InChI is InChI=1S/C21H21F2N5O2S/c1-3-28-18(11-24-20(30)14-6-4-5-13(2)9-14)26-27-21(28)31-12-19(29)25-17-8-7-15(22)10-16(17)23/h4-10H,3,11-12H2,1-2H3,(H,24,30)(H,25,29). The minimum Gasteiger partial charge on any atom is -0.345 e. The van der Waals surface area contributed by atoms with Crippen molar-refractivity contribution < 1.29 is 18.4 Å². The molecule has 7 nitrogen and oxygen atoms in total. The van der Waals surface area contributed by atoms with E-state index in [4.69, 9.17) is 0 Å². The first-order valence-corrected chi connectivity index (χ1v) is 10.5. The van der Waals surface area contributed by atoms with Crippen LogP contribution >= 0.6 is 11.8 Å². The third-order valence-corrected chi connectivity index (χ3v) is 5.30. The van der Waals surface area contributed by atoms with Gasteiger partial charge in [0, 0.05) is 18.2 Å². The van der Waals surface area contributed by atoms with Gasteiger partial charge in [0.1, 0.15) is 11.6 Å². The van der Waals surface area contributed by atoms with Gasteiger partial charge in [-0.15, -0.1) is 10.2 Å². The number of aryl methyl sites for hydroxylation is 1. The Balaban J connectivity index is 1.58. The van der Waals surface area contributed by atoms with Gasteiger partial charge in [0.2, 0.25) is 5.91 Å². The van der Waals surface area contributed by atoms with Crippen LogP contribution in [0.25, 0.3) is 0 Å². The predicted molar refractivity (Wildman–Crippen MR) is 114 cm³/mol. The summed E-state index contributed by atoms with van der Waals surface area (Å²) in [4.78, 5) is 24.5. The molecule has 1 aromatic heterocycles. The molecule has 0 aliphatic rings. The summed E-state index contributed by atoms with van der Waals surface area (Å²) in [6, 6.07) is 10.2. The van der Waals surface area contributed by atoms with Crippen LogP contribution in [-0.4, -0.2) is 32.3 Å². The summed E-state index contributed by atoms with van der Waals surface area (Å²) in [5, 5.41) is 13.9. The highest BCUT2D eigenvalue weighted by Crippen LogP contribution is 2.19. The quantitative estimate of drug-likeness (QED) is 0.518. The van der Waals surface area contributed by atoms with Gasteiger partial charge in [-0.1, -0.05) is 29.5 Å². The van der Waals surface area contributed by atoms with Crippen LogP contribution in [0, 0.1) is 18.6 Å². The molecule has 10 heteroatoms. The lowest BCUT2D eigenvalue weighted by atomic mass is 10.1. The molecular formula is C21H21F2N5O2S. The molecular weight excluding hydrogens is 424 g/mol. The molecule has 3 aromatic rings. The van der Waals surface area contributed by atoms with E-state index in [-0.39, 0.29) is 23.9 Å². The number of carbonyl (C=O) groups is 2.